The van der Waals surface area contributed by atoms with Crippen LogP contribution in [0.15, 0.2) is 12.1 Å². The van der Waals surface area contributed by atoms with E-state index in [4.69, 9.17) is 5.73 Å². The van der Waals surface area contributed by atoms with E-state index in [1.54, 1.807) is 0 Å². The maximum absolute atomic E-state index is 12.0. The number of anilines is 2. The number of nitrogen functional groups attached to an aromatic ring is 1. The Kier molecular flexibility index (Phi) is 5.16. The molecule has 0 fully saturated rings. The van der Waals surface area contributed by atoms with Crippen molar-refractivity contribution in [1.29, 1.82) is 0 Å². The van der Waals surface area contributed by atoms with Crippen molar-refractivity contribution in [2.75, 3.05) is 30.7 Å². The first-order valence-corrected chi connectivity index (χ1v) is 6.48. The number of carbonyl (C=O) groups is 1. The highest BCUT2D eigenvalue weighted by Gasteiger charge is 2.13. The third kappa shape index (κ3) is 3.47. The van der Waals surface area contributed by atoms with Gasteiger partial charge in [0.25, 0.3) is 5.91 Å². The highest BCUT2D eigenvalue weighted by molar-refractivity contribution is 5.93. The zero-order valence-corrected chi connectivity index (χ0v) is 11.8. The number of carbonyl (C=O) groups excluding carboxylic acids is 1. The molecule has 4 heteroatoms. The lowest BCUT2D eigenvalue weighted by Crippen LogP contribution is -3.12. The Morgan fingerprint density at radius 2 is 1.89 bits per heavy atom. The van der Waals surface area contributed by atoms with Crippen LogP contribution in [0.4, 0.5) is 11.4 Å². The lowest BCUT2D eigenvalue weighted by Gasteiger charge is -2.17. The van der Waals surface area contributed by atoms with Crippen LogP contribution < -0.4 is 16.0 Å². The number of quaternary nitrogens is 1. The first-order chi connectivity index (χ1) is 8.49. The molecule has 0 bridgehead atoms. The molecule has 1 amide bonds. The van der Waals surface area contributed by atoms with Crippen molar-refractivity contribution in [2.24, 2.45) is 0 Å². The summed E-state index contributed by atoms with van der Waals surface area (Å²) in [6.45, 7) is 10.5. The van der Waals surface area contributed by atoms with Crippen LogP contribution in [0.2, 0.25) is 0 Å². The smallest absolute Gasteiger partial charge is 0.279 e. The Hall–Kier alpha value is -1.55. The average molecular weight is 250 g/mol. The zero-order valence-electron chi connectivity index (χ0n) is 11.8. The molecular weight excluding hydrogens is 226 g/mol. The largest absolute Gasteiger partial charge is 0.398 e. The van der Waals surface area contributed by atoms with Gasteiger partial charge in [0.2, 0.25) is 0 Å². The average Bonchev–Trinajstić information content (AvgIpc) is 2.36. The lowest BCUT2D eigenvalue weighted by molar-refractivity contribution is -0.888. The summed E-state index contributed by atoms with van der Waals surface area (Å²) in [7, 11) is 0. The van der Waals surface area contributed by atoms with Gasteiger partial charge < -0.3 is 16.0 Å². The minimum absolute atomic E-state index is 0.0468. The third-order valence-corrected chi connectivity index (χ3v) is 3.39. The monoisotopic (exact) mass is 250 g/mol. The highest BCUT2D eigenvalue weighted by Crippen LogP contribution is 2.24. The molecule has 0 aromatic heterocycles. The molecule has 4 nitrogen and oxygen atoms in total. The number of aryl methyl sites for hydroxylation is 1. The van der Waals surface area contributed by atoms with Gasteiger partial charge >= 0.3 is 0 Å². The topological polar surface area (TPSA) is 59.6 Å². The summed E-state index contributed by atoms with van der Waals surface area (Å²) in [6, 6.07) is 3.80. The summed E-state index contributed by atoms with van der Waals surface area (Å²) in [5, 5.41) is 2.98. The van der Waals surface area contributed by atoms with Gasteiger partial charge in [-0.15, -0.1) is 0 Å². The normalized spacial score (nSPS) is 10.7. The molecular formula is C14H24N3O+. The summed E-state index contributed by atoms with van der Waals surface area (Å²) in [5.74, 6) is 0.0468. The van der Waals surface area contributed by atoms with Gasteiger partial charge in [0.15, 0.2) is 6.54 Å². The number of likely N-dealkylation sites (N-methyl/N-ethyl adjacent to an activating group) is 1. The van der Waals surface area contributed by atoms with E-state index in [-0.39, 0.29) is 5.91 Å². The van der Waals surface area contributed by atoms with E-state index in [0.717, 1.165) is 29.9 Å². The standard InChI is InChI=1S/C14H23N3O/c1-5-17(6-2)9-13(18)16-14-10(3)7-8-12(15)11(14)4/h7-8H,5-6,9,15H2,1-4H3,(H,16,18)/p+1. The highest BCUT2D eigenvalue weighted by atomic mass is 16.2. The number of amides is 1. The van der Waals surface area contributed by atoms with E-state index in [1.807, 2.05) is 26.0 Å². The molecule has 0 spiro atoms. The van der Waals surface area contributed by atoms with Gasteiger partial charge in [0, 0.05) is 11.4 Å². The maximum atomic E-state index is 12.0. The van der Waals surface area contributed by atoms with Gasteiger partial charge in [0.1, 0.15) is 0 Å². The summed E-state index contributed by atoms with van der Waals surface area (Å²) in [5.41, 5.74) is 9.42. The Morgan fingerprint density at radius 1 is 1.28 bits per heavy atom. The molecule has 0 atom stereocenters. The molecule has 100 valence electrons. The molecule has 0 aliphatic heterocycles. The van der Waals surface area contributed by atoms with Gasteiger partial charge in [-0.3, -0.25) is 4.79 Å². The number of hydrogen-bond acceptors (Lipinski definition) is 2. The summed E-state index contributed by atoms with van der Waals surface area (Å²) in [6.07, 6.45) is 0. The maximum Gasteiger partial charge on any atom is 0.279 e. The van der Waals surface area contributed by atoms with E-state index >= 15 is 0 Å². The molecule has 1 rings (SSSR count). The Balaban J connectivity index is 2.79. The lowest BCUT2D eigenvalue weighted by atomic mass is 10.1. The van der Waals surface area contributed by atoms with Crippen LogP contribution >= 0.6 is 0 Å². The fourth-order valence-corrected chi connectivity index (χ4v) is 1.97. The fraction of sp³-hybridized carbons (Fsp3) is 0.500. The fourth-order valence-electron chi connectivity index (χ4n) is 1.97. The quantitative estimate of drug-likeness (QED) is 0.675. The molecule has 18 heavy (non-hydrogen) atoms. The van der Waals surface area contributed by atoms with Gasteiger partial charge in [-0.1, -0.05) is 6.07 Å². The van der Waals surface area contributed by atoms with E-state index in [2.05, 4.69) is 19.2 Å². The summed E-state index contributed by atoms with van der Waals surface area (Å²) >= 11 is 0. The number of hydrogen-bond donors (Lipinski definition) is 3. The molecule has 0 unspecified atom stereocenters. The predicted octanol–water partition coefficient (Wildman–Crippen LogP) is 0.749. The van der Waals surface area contributed by atoms with Crippen molar-refractivity contribution < 1.29 is 9.69 Å². The molecule has 0 aliphatic rings. The molecule has 4 N–H and O–H groups in total. The van der Waals surface area contributed by atoms with Crippen LogP contribution in [0, 0.1) is 13.8 Å². The third-order valence-electron chi connectivity index (χ3n) is 3.39. The van der Waals surface area contributed by atoms with Gasteiger partial charge in [-0.25, -0.2) is 0 Å². The molecule has 0 aliphatic carbocycles. The van der Waals surface area contributed by atoms with E-state index in [9.17, 15) is 4.79 Å². The van der Waals surface area contributed by atoms with Gasteiger partial charge in [0.05, 0.1) is 13.1 Å². The number of nitrogens with two attached hydrogens (primary N) is 1. The SMILES string of the molecule is CC[NH+](CC)CC(=O)Nc1c(C)ccc(N)c1C. The van der Waals surface area contributed by atoms with E-state index < -0.39 is 0 Å². The van der Waals surface area contributed by atoms with Crippen molar-refractivity contribution in [1.82, 2.24) is 0 Å². The van der Waals surface area contributed by atoms with Crippen LogP contribution in [0.1, 0.15) is 25.0 Å². The van der Waals surface area contributed by atoms with E-state index in [1.165, 1.54) is 4.90 Å². The van der Waals surface area contributed by atoms with E-state index in [0.29, 0.717) is 12.2 Å². The van der Waals surface area contributed by atoms with Crippen LogP contribution in [-0.4, -0.2) is 25.5 Å². The molecule has 1 aromatic rings. The molecule has 0 saturated heterocycles. The van der Waals surface area contributed by atoms with Crippen LogP contribution in [-0.2, 0) is 4.79 Å². The molecule has 0 radical (unpaired) electrons. The van der Waals surface area contributed by atoms with Crippen molar-refractivity contribution in [3.8, 4) is 0 Å². The van der Waals surface area contributed by atoms with Crippen LogP contribution in [0.5, 0.6) is 0 Å². The van der Waals surface area contributed by atoms with Gasteiger partial charge in [-0.05, 0) is 44.9 Å². The van der Waals surface area contributed by atoms with Crippen molar-refractivity contribution >= 4 is 17.3 Å². The number of nitrogens with one attached hydrogen (secondary N) is 2. The van der Waals surface area contributed by atoms with Gasteiger partial charge in [-0.2, -0.15) is 0 Å². The van der Waals surface area contributed by atoms with Crippen molar-refractivity contribution in [3.63, 3.8) is 0 Å². The number of benzene rings is 1. The Labute approximate surface area is 109 Å². The summed E-state index contributed by atoms with van der Waals surface area (Å²) < 4.78 is 0. The summed E-state index contributed by atoms with van der Waals surface area (Å²) in [4.78, 5) is 13.3. The zero-order chi connectivity index (χ0) is 13.7. The van der Waals surface area contributed by atoms with Crippen LogP contribution in [0.3, 0.4) is 0 Å². The molecule has 1 aromatic carbocycles. The predicted molar refractivity (Wildman–Crippen MR) is 75.9 cm³/mol. The Bertz CT molecular complexity index is 425. The Morgan fingerprint density at radius 3 is 2.44 bits per heavy atom. The van der Waals surface area contributed by atoms with Crippen molar-refractivity contribution in [2.45, 2.75) is 27.7 Å². The minimum Gasteiger partial charge on any atom is -0.398 e. The first-order valence-electron chi connectivity index (χ1n) is 6.48. The number of rotatable bonds is 5. The molecule has 0 heterocycles. The minimum atomic E-state index is 0.0468. The second-order valence-corrected chi connectivity index (χ2v) is 4.65. The van der Waals surface area contributed by atoms with Crippen molar-refractivity contribution in [3.05, 3.63) is 23.3 Å². The molecule has 0 saturated carbocycles. The second-order valence-electron chi connectivity index (χ2n) is 4.65. The first kappa shape index (κ1) is 14.5. The van der Waals surface area contributed by atoms with Crippen LogP contribution in [0.25, 0.3) is 0 Å². The second kappa shape index (κ2) is 6.40.